The lowest BCUT2D eigenvalue weighted by atomic mass is 9.95. The van der Waals surface area contributed by atoms with Crippen LogP contribution in [0.2, 0.25) is 0 Å². The molecule has 1 fully saturated rings. The smallest absolute Gasteiger partial charge is 0.119 e. The van der Waals surface area contributed by atoms with Crippen molar-refractivity contribution in [1.29, 1.82) is 0 Å². The lowest BCUT2D eigenvalue weighted by Gasteiger charge is -2.24. The molecule has 3 rings (SSSR count). The van der Waals surface area contributed by atoms with Crippen LogP contribution in [-0.2, 0) is 0 Å². The molecule has 0 saturated carbocycles. The van der Waals surface area contributed by atoms with Crippen LogP contribution in [0.3, 0.4) is 0 Å². The highest BCUT2D eigenvalue weighted by molar-refractivity contribution is 7.99. The van der Waals surface area contributed by atoms with Crippen LogP contribution in [0, 0.1) is 0 Å². The molecule has 0 radical (unpaired) electrons. The van der Waals surface area contributed by atoms with E-state index in [1.807, 2.05) is 6.07 Å². The van der Waals surface area contributed by atoms with Crippen molar-refractivity contribution in [2.24, 2.45) is 0 Å². The molecule has 2 nitrogen and oxygen atoms in total. The molecule has 2 unspecified atom stereocenters. The van der Waals surface area contributed by atoms with E-state index in [1.54, 1.807) is 7.11 Å². The van der Waals surface area contributed by atoms with Crippen LogP contribution < -0.4 is 10.1 Å². The molecule has 1 saturated heterocycles. The molecule has 2 aliphatic heterocycles. The van der Waals surface area contributed by atoms with Crippen molar-refractivity contribution in [2.45, 2.75) is 18.4 Å². The first-order valence-corrected chi connectivity index (χ1v) is 6.56. The molecule has 2 atom stereocenters. The van der Waals surface area contributed by atoms with Crippen LogP contribution in [0.15, 0.2) is 18.2 Å². The van der Waals surface area contributed by atoms with Gasteiger partial charge in [-0.05, 0) is 35.9 Å². The third kappa shape index (κ3) is 1.49. The molecule has 2 aliphatic rings. The van der Waals surface area contributed by atoms with Crippen molar-refractivity contribution < 1.29 is 4.74 Å². The Morgan fingerprint density at radius 2 is 2.40 bits per heavy atom. The molecule has 1 N–H and O–H groups in total. The summed E-state index contributed by atoms with van der Waals surface area (Å²) >= 11 is 2.07. The topological polar surface area (TPSA) is 21.3 Å². The Labute approximate surface area is 94.4 Å². The summed E-state index contributed by atoms with van der Waals surface area (Å²) < 4.78 is 5.28. The SMILES string of the molecule is COc1ccc2c(c1)C1CSCCC1N2. The molecule has 0 aliphatic carbocycles. The second-order valence-electron chi connectivity index (χ2n) is 4.17. The van der Waals surface area contributed by atoms with E-state index in [-0.39, 0.29) is 0 Å². The molecule has 0 spiro atoms. The number of methoxy groups -OCH3 is 1. The number of hydrogen-bond acceptors (Lipinski definition) is 3. The predicted octanol–water partition coefficient (Wildman–Crippen LogP) is 2.71. The number of anilines is 1. The first-order valence-electron chi connectivity index (χ1n) is 5.40. The minimum absolute atomic E-state index is 0.661. The van der Waals surface area contributed by atoms with Gasteiger partial charge in [-0.3, -0.25) is 0 Å². The monoisotopic (exact) mass is 221 g/mol. The lowest BCUT2D eigenvalue weighted by Crippen LogP contribution is -2.26. The molecule has 1 aromatic carbocycles. The summed E-state index contributed by atoms with van der Waals surface area (Å²) in [6.45, 7) is 0. The average molecular weight is 221 g/mol. The minimum atomic E-state index is 0.661. The van der Waals surface area contributed by atoms with Gasteiger partial charge in [0.25, 0.3) is 0 Å². The highest BCUT2D eigenvalue weighted by Gasteiger charge is 2.34. The Hall–Kier alpha value is -0.830. The average Bonchev–Trinajstić information content (AvgIpc) is 2.66. The number of thioether (sulfide) groups is 1. The fourth-order valence-electron chi connectivity index (χ4n) is 2.52. The maximum absolute atomic E-state index is 5.28. The van der Waals surface area contributed by atoms with Crippen LogP contribution >= 0.6 is 11.8 Å². The molecule has 15 heavy (non-hydrogen) atoms. The normalized spacial score (nSPS) is 27.8. The molecular weight excluding hydrogens is 206 g/mol. The van der Waals surface area contributed by atoms with E-state index < -0.39 is 0 Å². The van der Waals surface area contributed by atoms with E-state index in [0.29, 0.717) is 12.0 Å². The molecule has 2 heterocycles. The van der Waals surface area contributed by atoms with Gasteiger partial charge in [-0.1, -0.05) is 0 Å². The largest absolute Gasteiger partial charge is 0.497 e. The summed E-state index contributed by atoms with van der Waals surface area (Å²) in [4.78, 5) is 0. The van der Waals surface area contributed by atoms with Gasteiger partial charge >= 0.3 is 0 Å². The van der Waals surface area contributed by atoms with Crippen molar-refractivity contribution in [3.8, 4) is 5.75 Å². The predicted molar refractivity (Wildman–Crippen MR) is 65.1 cm³/mol. The van der Waals surface area contributed by atoms with Crippen molar-refractivity contribution in [3.05, 3.63) is 23.8 Å². The zero-order chi connectivity index (χ0) is 10.3. The second-order valence-corrected chi connectivity index (χ2v) is 5.32. The number of benzene rings is 1. The van der Waals surface area contributed by atoms with Crippen LogP contribution in [0.25, 0.3) is 0 Å². The number of fused-ring (bicyclic) bond motifs is 3. The highest BCUT2D eigenvalue weighted by atomic mass is 32.2. The Morgan fingerprint density at radius 1 is 1.47 bits per heavy atom. The van der Waals surface area contributed by atoms with E-state index >= 15 is 0 Å². The Bertz CT molecular complexity index is 380. The summed E-state index contributed by atoms with van der Waals surface area (Å²) in [5, 5.41) is 3.62. The van der Waals surface area contributed by atoms with Gasteiger partial charge in [0, 0.05) is 23.4 Å². The number of rotatable bonds is 1. The number of nitrogens with one attached hydrogen (secondary N) is 1. The fraction of sp³-hybridized carbons (Fsp3) is 0.500. The Morgan fingerprint density at radius 3 is 3.27 bits per heavy atom. The van der Waals surface area contributed by atoms with E-state index in [2.05, 4.69) is 29.2 Å². The first-order chi connectivity index (χ1) is 7.38. The van der Waals surface area contributed by atoms with Gasteiger partial charge in [0.05, 0.1) is 7.11 Å². The number of ether oxygens (including phenoxy) is 1. The van der Waals surface area contributed by atoms with Gasteiger partial charge in [0.2, 0.25) is 0 Å². The van der Waals surface area contributed by atoms with Crippen molar-refractivity contribution in [3.63, 3.8) is 0 Å². The Kier molecular flexibility index (Phi) is 2.28. The maximum atomic E-state index is 5.28. The van der Waals surface area contributed by atoms with E-state index in [0.717, 1.165) is 5.75 Å². The van der Waals surface area contributed by atoms with Crippen LogP contribution in [0.4, 0.5) is 5.69 Å². The zero-order valence-electron chi connectivity index (χ0n) is 8.82. The quantitative estimate of drug-likeness (QED) is 0.788. The third-order valence-electron chi connectivity index (χ3n) is 3.36. The van der Waals surface area contributed by atoms with Crippen molar-refractivity contribution in [2.75, 3.05) is 23.9 Å². The van der Waals surface area contributed by atoms with E-state index in [4.69, 9.17) is 4.74 Å². The maximum Gasteiger partial charge on any atom is 0.119 e. The molecule has 1 aromatic rings. The molecular formula is C12H15NOS. The van der Waals surface area contributed by atoms with Crippen LogP contribution in [-0.4, -0.2) is 24.7 Å². The molecule has 0 bridgehead atoms. The molecule has 0 amide bonds. The minimum Gasteiger partial charge on any atom is -0.497 e. The summed E-state index contributed by atoms with van der Waals surface area (Å²) in [7, 11) is 1.73. The molecule has 3 heteroatoms. The third-order valence-corrected chi connectivity index (χ3v) is 4.47. The van der Waals surface area contributed by atoms with Crippen molar-refractivity contribution in [1.82, 2.24) is 0 Å². The van der Waals surface area contributed by atoms with Gasteiger partial charge < -0.3 is 10.1 Å². The van der Waals surface area contributed by atoms with Crippen LogP contribution in [0.1, 0.15) is 17.9 Å². The van der Waals surface area contributed by atoms with Crippen LogP contribution in [0.5, 0.6) is 5.75 Å². The molecule has 80 valence electrons. The first kappa shape index (κ1) is 9.40. The fourth-order valence-corrected chi connectivity index (χ4v) is 3.78. The van der Waals surface area contributed by atoms with Gasteiger partial charge in [-0.15, -0.1) is 0 Å². The van der Waals surface area contributed by atoms with E-state index in [9.17, 15) is 0 Å². The summed E-state index contributed by atoms with van der Waals surface area (Å²) in [5.74, 6) is 4.21. The molecule has 0 aromatic heterocycles. The summed E-state index contributed by atoms with van der Waals surface area (Å²) in [6, 6.07) is 7.04. The van der Waals surface area contributed by atoms with Gasteiger partial charge in [0.1, 0.15) is 5.75 Å². The Balaban J connectivity index is 1.98. The standard InChI is InChI=1S/C12H15NOS/c1-14-8-2-3-11-9(6-8)10-7-15-5-4-12(10)13-11/h2-3,6,10,12-13H,4-5,7H2,1H3. The van der Waals surface area contributed by atoms with Crippen molar-refractivity contribution >= 4 is 17.4 Å². The second kappa shape index (κ2) is 3.63. The van der Waals surface area contributed by atoms with Gasteiger partial charge in [-0.25, -0.2) is 0 Å². The summed E-state index contributed by atoms with van der Waals surface area (Å²) in [5.41, 5.74) is 2.76. The van der Waals surface area contributed by atoms with E-state index in [1.165, 1.54) is 29.2 Å². The highest BCUT2D eigenvalue weighted by Crippen LogP contribution is 2.43. The number of hydrogen-bond donors (Lipinski definition) is 1. The van der Waals surface area contributed by atoms with Gasteiger partial charge in [0.15, 0.2) is 0 Å². The zero-order valence-corrected chi connectivity index (χ0v) is 9.64. The summed E-state index contributed by atoms with van der Waals surface area (Å²) in [6.07, 6.45) is 1.28. The van der Waals surface area contributed by atoms with Gasteiger partial charge in [-0.2, -0.15) is 11.8 Å². The lowest BCUT2D eigenvalue weighted by molar-refractivity contribution is 0.414.